The Morgan fingerprint density at radius 2 is 2.00 bits per heavy atom. The van der Waals surface area contributed by atoms with Crippen molar-refractivity contribution in [1.29, 1.82) is 0 Å². The summed E-state index contributed by atoms with van der Waals surface area (Å²) in [6, 6.07) is 8.23. The predicted octanol–water partition coefficient (Wildman–Crippen LogP) is 4.29. The van der Waals surface area contributed by atoms with Crippen molar-refractivity contribution in [3.63, 3.8) is 0 Å². The van der Waals surface area contributed by atoms with Gasteiger partial charge in [-0.05, 0) is 56.0 Å². The molecule has 5 rings (SSSR count). The number of fused-ring (bicyclic) bond motifs is 2. The number of hydrogen-bond donors (Lipinski definition) is 2. The maximum Gasteiger partial charge on any atom is 0.300 e. The van der Waals surface area contributed by atoms with Crippen LogP contribution in [-0.2, 0) is 4.79 Å². The van der Waals surface area contributed by atoms with Crippen molar-refractivity contribution >= 4 is 45.6 Å². The lowest BCUT2D eigenvalue weighted by Crippen LogP contribution is -2.18. The second-order valence-corrected chi connectivity index (χ2v) is 8.94. The van der Waals surface area contributed by atoms with Crippen molar-refractivity contribution in [3.05, 3.63) is 53.1 Å². The third kappa shape index (κ3) is 4.28. The highest BCUT2D eigenvalue weighted by molar-refractivity contribution is 6.31. The maximum atomic E-state index is 14.5. The van der Waals surface area contributed by atoms with Gasteiger partial charge in [-0.25, -0.2) is 14.4 Å². The van der Waals surface area contributed by atoms with Gasteiger partial charge in [-0.3, -0.25) is 4.79 Å². The van der Waals surface area contributed by atoms with Gasteiger partial charge in [0, 0.05) is 24.4 Å². The van der Waals surface area contributed by atoms with Crippen molar-refractivity contribution in [1.82, 2.24) is 14.9 Å². The van der Waals surface area contributed by atoms with Crippen molar-refractivity contribution in [2.75, 3.05) is 30.8 Å². The molecular weight excluding hydrogens is 453 g/mol. The number of likely N-dealkylation sites (tertiary alicyclic amines) is 1. The average Bonchev–Trinajstić information content (AvgIpc) is 3.27. The molecule has 1 unspecified atom stereocenters. The summed E-state index contributed by atoms with van der Waals surface area (Å²) in [6.45, 7) is 3.73. The van der Waals surface area contributed by atoms with Gasteiger partial charge in [0.05, 0.1) is 27.5 Å². The van der Waals surface area contributed by atoms with Crippen LogP contribution in [-0.4, -0.2) is 40.9 Å². The smallest absolute Gasteiger partial charge is 0.300 e. The molecule has 1 aliphatic carbocycles. The number of carbonyl (C=O) groups is 1. The van der Waals surface area contributed by atoms with E-state index in [4.69, 9.17) is 11.6 Å². The number of carbonyl (C=O) groups excluding carboxylic acids is 1. The number of nitrogens with zero attached hydrogens (tertiary/aromatic N) is 3. The number of amides is 1. The van der Waals surface area contributed by atoms with Crippen molar-refractivity contribution in [2.45, 2.75) is 6.92 Å². The number of hydrogen-bond acceptors (Lipinski definition) is 5. The monoisotopic (exact) mass is 473 g/mol. The van der Waals surface area contributed by atoms with E-state index in [1.165, 1.54) is 12.4 Å². The molecule has 1 saturated carbocycles. The summed E-state index contributed by atoms with van der Waals surface area (Å²) < 4.78 is 14.5. The number of aromatic nitrogens is 2. The van der Waals surface area contributed by atoms with Crippen molar-refractivity contribution < 1.29 is 9.18 Å². The molecule has 2 aromatic carbocycles. The Kier molecular flexibility index (Phi) is 5.83. The minimum absolute atomic E-state index is 0.00283. The van der Waals surface area contributed by atoms with E-state index in [9.17, 15) is 9.18 Å². The van der Waals surface area contributed by atoms with Crippen LogP contribution in [0.1, 0.15) is 12.5 Å². The summed E-state index contributed by atoms with van der Waals surface area (Å²) in [4.78, 5) is 23.2. The fraction of sp³-hybridized carbons (Fsp3) is 0.269. The predicted molar refractivity (Wildman–Crippen MR) is 131 cm³/mol. The van der Waals surface area contributed by atoms with E-state index in [0.29, 0.717) is 45.7 Å². The van der Waals surface area contributed by atoms with Gasteiger partial charge in [0.2, 0.25) is 0 Å². The molecule has 3 atom stereocenters. The van der Waals surface area contributed by atoms with Gasteiger partial charge < -0.3 is 15.5 Å². The zero-order chi connectivity index (χ0) is 23.8. The highest BCUT2D eigenvalue weighted by atomic mass is 35.5. The summed E-state index contributed by atoms with van der Waals surface area (Å²) in [5, 5.41) is 6.39. The normalized spacial score (nSPS) is 20.5. The highest BCUT2D eigenvalue weighted by Gasteiger charge is 2.53. The zero-order valence-electron chi connectivity index (χ0n) is 18.6. The Morgan fingerprint density at radius 1 is 1.21 bits per heavy atom. The highest BCUT2D eigenvalue weighted by Crippen LogP contribution is 2.50. The maximum absolute atomic E-state index is 14.5. The Balaban J connectivity index is 1.53. The first-order valence-corrected chi connectivity index (χ1v) is 11.3. The minimum atomic E-state index is -0.578. The number of nitrogens with one attached hydrogen (secondary N) is 2. The fourth-order valence-electron chi connectivity index (χ4n) is 4.52. The first kappa shape index (κ1) is 22.2. The zero-order valence-corrected chi connectivity index (χ0v) is 19.4. The van der Waals surface area contributed by atoms with Crippen LogP contribution in [0.3, 0.4) is 0 Å². The van der Waals surface area contributed by atoms with Crippen molar-refractivity contribution in [3.8, 4) is 23.7 Å². The third-order valence-electron chi connectivity index (χ3n) is 6.22. The topological polar surface area (TPSA) is 70.1 Å². The standard InChI is InChI=1S/C26H21ClFN5O/c1-3-5-24(34)31-22-11-17-23(10-15(22)8-9-16-18-12-33(2)13-19(16)18)29-14-30-26(17)32-21-7-4-6-20(27)25(21)28/h4,6-7,10-11,14,16,18-19H,12-13H2,1-2H3,(H,31,34)(H,29,30,32)/t16-,18-,19?/m0/s1. The summed E-state index contributed by atoms with van der Waals surface area (Å²) in [5.74, 6) is 12.7. The molecular formula is C26H21ClFN5O. The lowest BCUT2D eigenvalue weighted by molar-refractivity contribution is -0.111. The second-order valence-electron chi connectivity index (χ2n) is 8.54. The van der Waals surface area contributed by atoms with Crippen LogP contribution in [0.5, 0.6) is 0 Å². The number of piperidine rings is 1. The first-order chi connectivity index (χ1) is 16.4. The largest absolute Gasteiger partial charge is 0.337 e. The molecule has 2 heterocycles. The molecule has 3 aromatic rings. The van der Waals surface area contributed by atoms with E-state index in [-0.39, 0.29) is 10.7 Å². The fourth-order valence-corrected chi connectivity index (χ4v) is 4.69. The summed E-state index contributed by atoms with van der Waals surface area (Å²) in [5.41, 5.74) is 1.94. The molecule has 2 N–H and O–H groups in total. The quantitative estimate of drug-likeness (QED) is 0.555. The average molecular weight is 474 g/mol. The molecule has 1 aliphatic heterocycles. The summed E-state index contributed by atoms with van der Waals surface area (Å²) in [7, 11) is 2.13. The molecule has 2 aliphatic rings. The third-order valence-corrected chi connectivity index (χ3v) is 6.51. The second kappa shape index (κ2) is 8.95. The van der Waals surface area contributed by atoms with Crippen molar-refractivity contribution in [2.24, 2.45) is 17.8 Å². The van der Waals surface area contributed by atoms with Gasteiger partial charge >= 0.3 is 0 Å². The van der Waals surface area contributed by atoms with Crippen LogP contribution in [0.2, 0.25) is 5.02 Å². The van der Waals surface area contributed by atoms with E-state index >= 15 is 0 Å². The number of anilines is 3. The van der Waals surface area contributed by atoms with E-state index in [2.05, 4.69) is 56.2 Å². The molecule has 6 nitrogen and oxygen atoms in total. The van der Waals surface area contributed by atoms with Crippen LogP contribution in [0.15, 0.2) is 36.7 Å². The summed E-state index contributed by atoms with van der Waals surface area (Å²) in [6.07, 6.45) is 1.40. The van der Waals surface area contributed by atoms with E-state index in [1.807, 2.05) is 6.07 Å². The number of halogens is 2. The van der Waals surface area contributed by atoms with Gasteiger partial charge in [-0.2, -0.15) is 0 Å². The molecule has 1 aromatic heterocycles. The van der Waals surface area contributed by atoms with E-state index in [1.54, 1.807) is 25.1 Å². The molecule has 0 radical (unpaired) electrons. The van der Waals surface area contributed by atoms with Gasteiger partial charge in [0.15, 0.2) is 5.82 Å². The molecule has 0 bridgehead atoms. The summed E-state index contributed by atoms with van der Waals surface area (Å²) >= 11 is 5.91. The van der Waals surface area contributed by atoms with Crippen LogP contribution < -0.4 is 10.6 Å². The first-order valence-electron chi connectivity index (χ1n) is 10.9. The van der Waals surface area contributed by atoms with E-state index < -0.39 is 11.7 Å². The molecule has 34 heavy (non-hydrogen) atoms. The van der Waals surface area contributed by atoms with Crippen LogP contribution in [0, 0.1) is 47.3 Å². The Morgan fingerprint density at radius 3 is 2.76 bits per heavy atom. The van der Waals surface area contributed by atoms with Crippen LogP contribution in [0.25, 0.3) is 10.9 Å². The van der Waals surface area contributed by atoms with E-state index in [0.717, 1.165) is 13.1 Å². The SMILES string of the molecule is CC#CC(=O)Nc1cc2c(Nc3cccc(Cl)c3F)ncnc2cc1C#C[C@@H]1C2CN(C)C[C@H]21. The Bertz CT molecular complexity index is 1420. The molecule has 0 spiro atoms. The van der Waals surface area contributed by atoms with Gasteiger partial charge in [0.1, 0.15) is 12.1 Å². The van der Waals surface area contributed by atoms with Gasteiger partial charge in [-0.1, -0.05) is 35.4 Å². The minimum Gasteiger partial charge on any atom is -0.337 e. The van der Waals surface area contributed by atoms with Gasteiger partial charge in [0.25, 0.3) is 5.91 Å². The number of benzene rings is 2. The molecule has 170 valence electrons. The van der Waals surface area contributed by atoms with Crippen LogP contribution >= 0.6 is 11.6 Å². The Hall–Kier alpha value is -3.65. The van der Waals surface area contributed by atoms with Crippen LogP contribution in [0.4, 0.5) is 21.6 Å². The molecule has 8 heteroatoms. The van der Waals surface area contributed by atoms with Gasteiger partial charge in [-0.15, -0.1) is 0 Å². The molecule has 1 saturated heterocycles. The lowest BCUT2D eigenvalue weighted by Gasteiger charge is -2.12. The molecule has 2 fully saturated rings. The molecule has 1 amide bonds. The lowest BCUT2D eigenvalue weighted by atomic mass is 10.1. The Labute approximate surface area is 201 Å². The number of rotatable bonds is 3.